The molecule has 0 radical (unpaired) electrons. The van der Waals surface area contributed by atoms with E-state index in [1.54, 1.807) is 0 Å². The van der Waals surface area contributed by atoms with E-state index in [1.165, 1.54) is 7.11 Å². The van der Waals surface area contributed by atoms with Gasteiger partial charge in [0, 0.05) is 18.8 Å². The predicted molar refractivity (Wildman–Crippen MR) is 116 cm³/mol. The molecule has 0 N–H and O–H groups in total. The zero-order chi connectivity index (χ0) is 21.7. The van der Waals surface area contributed by atoms with Gasteiger partial charge in [0.05, 0.1) is 12.5 Å². The highest BCUT2D eigenvalue weighted by Gasteiger charge is 2.41. The Hall–Kier alpha value is -3.12. The molecule has 1 saturated heterocycles. The number of nitrogens with zero attached hydrogens (tertiary/aromatic N) is 1. The molecule has 31 heavy (non-hydrogen) atoms. The van der Waals surface area contributed by atoms with Gasteiger partial charge >= 0.3 is 5.97 Å². The van der Waals surface area contributed by atoms with E-state index in [4.69, 9.17) is 18.6 Å². The van der Waals surface area contributed by atoms with Gasteiger partial charge in [0.25, 0.3) is 0 Å². The van der Waals surface area contributed by atoms with Crippen LogP contribution in [0.2, 0.25) is 0 Å². The normalized spacial score (nSPS) is 15.4. The molecule has 0 saturated carbocycles. The van der Waals surface area contributed by atoms with Crippen molar-refractivity contribution in [2.75, 3.05) is 20.3 Å². The Labute approximate surface area is 182 Å². The summed E-state index contributed by atoms with van der Waals surface area (Å²) >= 11 is 0. The van der Waals surface area contributed by atoms with E-state index in [-0.39, 0.29) is 5.97 Å². The maximum Gasteiger partial charge on any atom is 0.312 e. The monoisotopic (exact) mass is 421 g/mol. The first-order valence-corrected chi connectivity index (χ1v) is 10.5. The number of esters is 1. The van der Waals surface area contributed by atoms with Crippen LogP contribution in [0.4, 0.5) is 0 Å². The maximum atomic E-state index is 12.4. The molecule has 0 atom stereocenters. The first-order chi connectivity index (χ1) is 15.1. The van der Waals surface area contributed by atoms with Gasteiger partial charge in [0.1, 0.15) is 23.8 Å². The zero-order valence-electron chi connectivity index (χ0n) is 17.9. The summed E-state index contributed by atoms with van der Waals surface area (Å²) in [6.07, 6.45) is 1.98. The predicted octanol–water partition coefficient (Wildman–Crippen LogP) is 4.74. The molecule has 1 aliphatic heterocycles. The van der Waals surface area contributed by atoms with Crippen molar-refractivity contribution in [3.8, 4) is 17.2 Å². The highest BCUT2D eigenvalue weighted by Crippen LogP contribution is 2.36. The van der Waals surface area contributed by atoms with Crippen molar-refractivity contribution < 1.29 is 23.4 Å². The second-order valence-electron chi connectivity index (χ2n) is 7.88. The fraction of sp³-hybridized carbons (Fsp3) is 0.360. The molecule has 0 unspecified atom stereocenters. The number of benzene rings is 2. The molecule has 1 aromatic heterocycles. The molecule has 162 valence electrons. The van der Waals surface area contributed by atoms with Crippen LogP contribution in [0.15, 0.2) is 59.0 Å². The van der Waals surface area contributed by atoms with Crippen molar-refractivity contribution >= 4 is 5.97 Å². The Morgan fingerprint density at radius 1 is 1.06 bits per heavy atom. The minimum atomic E-state index is -0.513. The van der Waals surface area contributed by atoms with Gasteiger partial charge in [-0.1, -0.05) is 30.3 Å². The van der Waals surface area contributed by atoms with Crippen LogP contribution in [-0.2, 0) is 27.3 Å². The summed E-state index contributed by atoms with van der Waals surface area (Å²) in [6.45, 7) is 3.38. The van der Waals surface area contributed by atoms with Crippen LogP contribution in [0.5, 0.6) is 5.75 Å². The molecule has 4 rings (SSSR count). The van der Waals surface area contributed by atoms with Gasteiger partial charge in [0.2, 0.25) is 5.89 Å². The van der Waals surface area contributed by atoms with Crippen molar-refractivity contribution in [3.05, 3.63) is 71.6 Å². The lowest BCUT2D eigenvalue weighted by atomic mass is 9.75. The molecular formula is C25H27NO5. The maximum absolute atomic E-state index is 12.4. The van der Waals surface area contributed by atoms with E-state index >= 15 is 0 Å². The summed E-state index contributed by atoms with van der Waals surface area (Å²) in [5, 5.41) is 0. The van der Waals surface area contributed by atoms with Gasteiger partial charge in [-0.2, -0.15) is 0 Å². The van der Waals surface area contributed by atoms with Crippen LogP contribution >= 0.6 is 0 Å². The second kappa shape index (κ2) is 9.35. The van der Waals surface area contributed by atoms with Crippen LogP contribution in [0.3, 0.4) is 0 Å². The minimum absolute atomic E-state index is 0.160. The van der Waals surface area contributed by atoms with E-state index in [9.17, 15) is 4.79 Å². The van der Waals surface area contributed by atoms with Gasteiger partial charge in [-0.05, 0) is 56.0 Å². The molecule has 0 aliphatic carbocycles. The second-order valence-corrected chi connectivity index (χ2v) is 7.88. The van der Waals surface area contributed by atoms with Gasteiger partial charge in [-0.3, -0.25) is 4.79 Å². The Bertz CT molecular complexity index is 1000. The zero-order valence-corrected chi connectivity index (χ0v) is 17.9. The average Bonchev–Trinajstić information content (AvgIpc) is 3.19. The molecule has 0 bridgehead atoms. The SMILES string of the molecule is COC(=O)C1(Cc2ccc(OCc3nc(-c4ccccc4)oc3C)cc2)CCOCC1. The number of aromatic nitrogens is 1. The lowest BCUT2D eigenvalue weighted by Gasteiger charge is -2.34. The van der Waals surface area contributed by atoms with Gasteiger partial charge in [-0.25, -0.2) is 4.98 Å². The summed E-state index contributed by atoms with van der Waals surface area (Å²) in [5.74, 6) is 1.92. The Morgan fingerprint density at radius 2 is 1.77 bits per heavy atom. The molecule has 2 aromatic carbocycles. The van der Waals surface area contributed by atoms with Crippen molar-refractivity contribution in [2.24, 2.45) is 5.41 Å². The number of carbonyl (C=O) groups excluding carboxylic acids is 1. The first kappa shape index (κ1) is 21.1. The topological polar surface area (TPSA) is 70.8 Å². The molecule has 2 heterocycles. The van der Waals surface area contributed by atoms with Crippen LogP contribution in [0.1, 0.15) is 29.9 Å². The number of methoxy groups -OCH3 is 1. The van der Waals surface area contributed by atoms with Gasteiger partial charge < -0.3 is 18.6 Å². The minimum Gasteiger partial charge on any atom is -0.487 e. The van der Waals surface area contributed by atoms with E-state index in [1.807, 2.05) is 61.5 Å². The molecule has 6 heteroatoms. The lowest BCUT2D eigenvalue weighted by molar-refractivity contribution is -0.158. The Balaban J connectivity index is 1.40. The van der Waals surface area contributed by atoms with E-state index in [0.717, 1.165) is 28.3 Å². The molecule has 6 nitrogen and oxygen atoms in total. The summed E-state index contributed by atoms with van der Waals surface area (Å²) in [5.41, 5.74) is 2.27. The molecule has 3 aromatic rings. The van der Waals surface area contributed by atoms with Gasteiger partial charge in [0.15, 0.2) is 0 Å². The number of carbonyl (C=O) groups is 1. The number of aryl methyl sites for hydroxylation is 1. The Kier molecular flexibility index (Phi) is 6.37. The summed E-state index contributed by atoms with van der Waals surface area (Å²) in [4.78, 5) is 17.0. The quantitative estimate of drug-likeness (QED) is 0.513. The van der Waals surface area contributed by atoms with E-state index in [0.29, 0.717) is 45.0 Å². The fourth-order valence-corrected chi connectivity index (χ4v) is 3.94. The highest BCUT2D eigenvalue weighted by atomic mass is 16.5. The number of hydrogen-bond donors (Lipinski definition) is 0. The highest BCUT2D eigenvalue weighted by molar-refractivity contribution is 5.77. The van der Waals surface area contributed by atoms with Crippen LogP contribution in [0, 0.1) is 12.3 Å². The molecular weight excluding hydrogens is 394 g/mol. The summed E-state index contributed by atoms with van der Waals surface area (Å²) in [6, 6.07) is 17.7. The molecule has 0 spiro atoms. The van der Waals surface area contributed by atoms with Crippen LogP contribution in [0.25, 0.3) is 11.5 Å². The van der Waals surface area contributed by atoms with Crippen molar-refractivity contribution in [1.29, 1.82) is 0 Å². The number of rotatable bonds is 7. The van der Waals surface area contributed by atoms with Crippen molar-refractivity contribution in [3.63, 3.8) is 0 Å². The lowest BCUT2D eigenvalue weighted by Crippen LogP contribution is -2.40. The van der Waals surface area contributed by atoms with Crippen LogP contribution in [-0.4, -0.2) is 31.3 Å². The smallest absolute Gasteiger partial charge is 0.312 e. The largest absolute Gasteiger partial charge is 0.487 e. The van der Waals surface area contributed by atoms with E-state index in [2.05, 4.69) is 4.98 Å². The third-order valence-electron chi connectivity index (χ3n) is 5.82. The van der Waals surface area contributed by atoms with Crippen molar-refractivity contribution in [1.82, 2.24) is 4.98 Å². The van der Waals surface area contributed by atoms with Crippen LogP contribution < -0.4 is 4.74 Å². The van der Waals surface area contributed by atoms with Gasteiger partial charge in [-0.15, -0.1) is 0 Å². The standard InChI is InChI=1S/C25H27NO5/c1-18-22(26-23(31-18)20-6-4-3-5-7-20)17-30-21-10-8-19(9-11-21)16-25(24(27)28-2)12-14-29-15-13-25/h3-11H,12-17H2,1-2H3. The first-order valence-electron chi connectivity index (χ1n) is 10.5. The average molecular weight is 421 g/mol. The summed E-state index contributed by atoms with van der Waals surface area (Å²) < 4.78 is 22.3. The van der Waals surface area contributed by atoms with Crippen molar-refractivity contribution in [2.45, 2.75) is 32.8 Å². The van der Waals surface area contributed by atoms with E-state index < -0.39 is 5.41 Å². The number of hydrogen-bond acceptors (Lipinski definition) is 6. The Morgan fingerprint density at radius 3 is 2.45 bits per heavy atom. The number of ether oxygens (including phenoxy) is 3. The summed E-state index contributed by atoms with van der Waals surface area (Å²) in [7, 11) is 1.45. The molecule has 1 fully saturated rings. The number of oxazole rings is 1. The molecule has 1 aliphatic rings. The third kappa shape index (κ3) is 4.80. The fourth-order valence-electron chi connectivity index (χ4n) is 3.94. The third-order valence-corrected chi connectivity index (χ3v) is 5.82. The molecule has 0 amide bonds.